The summed E-state index contributed by atoms with van der Waals surface area (Å²) >= 11 is 1.12. The number of carbonyl (C=O) groups excluding carboxylic acids is 1. The van der Waals surface area contributed by atoms with E-state index >= 15 is 0 Å². The number of halogens is 2. The van der Waals surface area contributed by atoms with Crippen molar-refractivity contribution in [1.82, 2.24) is 5.32 Å². The highest BCUT2D eigenvalue weighted by molar-refractivity contribution is 8.00. The zero-order chi connectivity index (χ0) is 16.8. The minimum Gasteiger partial charge on any atom is -0.392 e. The molecular formula is C17H17F2NO2S. The number of hydrogen-bond donors (Lipinski definition) is 2. The van der Waals surface area contributed by atoms with Gasteiger partial charge in [-0.1, -0.05) is 30.3 Å². The fraction of sp³-hybridized carbons (Fsp3) is 0.235. The molecule has 0 saturated heterocycles. The van der Waals surface area contributed by atoms with Crippen LogP contribution in [0.15, 0.2) is 53.4 Å². The molecule has 2 aromatic carbocycles. The largest absolute Gasteiger partial charge is 0.392 e. The van der Waals surface area contributed by atoms with Gasteiger partial charge in [-0.25, -0.2) is 8.78 Å². The predicted molar refractivity (Wildman–Crippen MR) is 86.1 cm³/mol. The predicted octanol–water partition coefficient (Wildman–Crippen LogP) is 3.30. The molecule has 0 aromatic heterocycles. The molecule has 0 radical (unpaired) electrons. The van der Waals surface area contributed by atoms with Crippen LogP contribution in [-0.4, -0.2) is 23.7 Å². The molecule has 0 spiro atoms. The van der Waals surface area contributed by atoms with Crippen molar-refractivity contribution in [3.63, 3.8) is 0 Å². The van der Waals surface area contributed by atoms with Crippen molar-refractivity contribution in [2.75, 3.05) is 6.54 Å². The van der Waals surface area contributed by atoms with Crippen molar-refractivity contribution in [3.8, 4) is 0 Å². The number of carbonyl (C=O) groups is 1. The van der Waals surface area contributed by atoms with Crippen LogP contribution < -0.4 is 5.32 Å². The summed E-state index contributed by atoms with van der Waals surface area (Å²) in [6, 6.07) is 12.5. The Morgan fingerprint density at radius 2 is 1.87 bits per heavy atom. The van der Waals surface area contributed by atoms with Crippen molar-refractivity contribution < 1.29 is 18.7 Å². The van der Waals surface area contributed by atoms with Crippen LogP contribution in [0.3, 0.4) is 0 Å². The van der Waals surface area contributed by atoms with Crippen LogP contribution in [0, 0.1) is 11.6 Å². The summed E-state index contributed by atoms with van der Waals surface area (Å²) in [5, 5.41) is 11.3. The van der Waals surface area contributed by atoms with Gasteiger partial charge in [0.25, 0.3) is 0 Å². The monoisotopic (exact) mass is 337 g/mol. The molecule has 0 saturated carbocycles. The second-order valence-corrected chi connectivity index (χ2v) is 6.26. The Morgan fingerprint density at radius 1 is 1.17 bits per heavy atom. The molecule has 0 aliphatic heterocycles. The Hall–Kier alpha value is -1.92. The first-order valence-electron chi connectivity index (χ1n) is 7.10. The van der Waals surface area contributed by atoms with Gasteiger partial charge in [0.15, 0.2) is 11.6 Å². The van der Waals surface area contributed by atoms with Crippen LogP contribution in [0.5, 0.6) is 0 Å². The Balaban J connectivity index is 2.22. The average molecular weight is 337 g/mol. The van der Waals surface area contributed by atoms with Crippen molar-refractivity contribution in [2.45, 2.75) is 23.2 Å². The Labute approximate surface area is 137 Å². The molecule has 0 fully saturated rings. The summed E-state index contributed by atoms with van der Waals surface area (Å²) in [5.74, 6) is -2.18. The summed E-state index contributed by atoms with van der Waals surface area (Å²) in [4.78, 5) is 12.8. The fourth-order valence-corrected chi connectivity index (χ4v) is 3.00. The third-order valence-corrected chi connectivity index (χ3v) is 4.31. The molecule has 2 rings (SSSR count). The SMILES string of the molecule is CC(O)CNC(=O)C(Sc1ccc(F)c(F)c1)c1ccccc1. The van der Waals surface area contributed by atoms with Gasteiger partial charge in [0.05, 0.1) is 6.10 Å². The highest BCUT2D eigenvalue weighted by Crippen LogP contribution is 2.35. The standard InChI is InChI=1S/C17H17F2NO2S/c1-11(21)10-20-17(22)16(12-5-3-2-4-6-12)23-13-7-8-14(18)15(19)9-13/h2-9,11,16,21H,10H2,1H3,(H,20,22). The van der Waals surface area contributed by atoms with Gasteiger partial charge in [-0.15, -0.1) is 11.8 Å². The maximum absolute atomic E-state index is 13.4. The number of amides is 1. The molecule has 3 nitrogen and oxygen atoms in total. The smallest absolute Gasteiger partial charge is 0.238 e. The summed E-state index contributed by atoms with van der Waals surface area (Å²) in [7, 11) is 0. The first kappa shape index (κ1) is 17.4. The van der Waals surface area contributed by atoms with E-state index in [4.69, 9.17) is 0 Å². The molecule has 23 heavy (non-hydrogen) atoms. The molecule has 2 atom stereocenters. The number of hydrogen-bond acceptors (Lipinski definition) is 3. The second kappa shape index (κ2) is 8.08. The van der Waals surface area contributed by atoms with Gasteiger partial charge in [0.1, 0.15) is 5.25 Å². The van der Waals surface area contributed by atoms with Crippen LogP contribution >= 0.6 is 11.8 Å². The van der Waals surface area contributed by atoms with Gasteiger partial charge in [0, 0.05) is 11.4 Å². The fourth-order valence-electron chi connectivity index (χ4n) is 1.93. The van der Waals surface area contributed by atoms with E-state index in [2.05, 4.69) is 5.32 Å². The second-order valence-electron chi connectivity index (χ2n) is 5.08. The first-order valence-corrected chi connectivity index (χ1v) is 7.97. The van der Waals surface area contributed by atoms with Crippen molar-refractivity contribution in [3.05, 3.63) is 65.7 Å². The minimum absolute atomic E-state index is 0.126. The lowest BCUT2D eigenvalue weighted by Gasteiger charge is -2.18. The molecule has 6 heteroatoms. The summed E-state index contributed by atoms with van der Waals surface area (Å²) in [6.45, 7) is 1.70. The van der Waals surface area contributed by atoms with Crippen LogP contribution in [0.2, 0.25) is 0 Å². The van der Waals surface area contributed by atoms with Gasteiger partial charge >= 0.3 is 0 Å². The highest BCUT2D eigenvalue weighted by Gasteiger charge is 2.22. The van der Waals surface area contributed by atoms with Gasteiger partial charge in [-0.3, -0.25) is 4.79 Å². The van der Waals surface area contributed by atoms with E-state index in [1.54, 1.807) is 31.2 Å². The number of nitrogens with one attached hydrogen (secondary N) is 1. The van der Waals surface area contributed by atoms with E-state index in [1.807, 2.05) is 6.07 Å². The van der Waals surface area contributed by atoms with E-state index in [0.717, 1.165) is 29.5 Å². The Bertz CT molecular complexity index is 665. The molecular weight excluding hydrogens is 320 g/mol. The number of aliphatic hydroxyl groups excluding tert-OH is 1. The first-order chi connectivity index (χ1) is 11.0. The van der Waals surface area contributed by atoms with E-state index in [1.165, 1.54) is 6.07 Å². The number of aliphatic hydroxyl groups is 1. The molecule has 2 N–H and O–H groups in total. The van der Waals surface area contributed by atoms with Crippen LogP contribution in [0.1, 0.15) is 17.7 Å². The molecule has 122 valence electrons. The molecule has 0 aliphatic carbocycles. The third kappa shape index (κ3) is 5.04. The quantitative estimate of drug-likeness (QED) is 0.795. The van der Waals surface area contributed by atoms with Crippen molar-refractivity contribution in [1.29, 1.82) is 0 Å². The zero-order valence-corrected chi connectivity index (χ0v) is 13.3. The molecule has 0 aliphatic rings. The van der Waals surface area contributed by atoms with Crippen LogP contribution in [-0.2, 0) is 4.79 Å². The maximum Gasteiger partial charge on any atom is 0.238 e. The van der Waals surface area contributed by atoms with Crippen LogP contribution in [0.4, 0.5) is 8.78 Å². The Morgan fingerprint density at radius 3 is 2.48 bits per heavy atom. The third-order valence-electron chi connectivity index (χ3n) is 3.06. The van der Waals surface area contributed by atoms with Gasteiger partial charge in [0.2, 0.25) is 5.91 Å². The van der Waals surface area contributed by atoms with Gasteiger partial charge < -0.3 is 10.4 Å². The summed E-state index contributed by atoms with van der Waals surface area (Å²) < 4.78 is 26.4. The summed E-state index contributed by atoms with van der Waals surface area (Å²) in [6.07, 6.45) is -0.663. The highest BCUT2D eigenvalue weighted by atomic mass is 32.2. The lowest BCUT2D eigenvalue weighted by molar-refractivity contribution is -0.121. The molecule has 2 unspecified atom stereocenters. The van der Waals surface area contributed by atoms with Crippen molar-refractivity contribution in [2.24, 2.45) is 0 Å². The topological polar surface area (TPSA) is 49.3 Å². The van der Waals surface area contributed by atoms with Gasteiger partial charge in [-0.2, -0.15) is 0 Å². The number of benzene rings is 2. The minimum atomic E-state index is -0.953. The van der Waals surface area contributed by atoms with Crippen LogP contribution in [0.25, 0.3) is 0 Å². The van der Waals surface area contributed by atoms with Crippen molar-refractivity contribution >= 4 is 17.7 Å². The number of rotatable bonds is 6. The van der Waals surface area contributed by atoms with Gasteiger partial charge in [-0.05, 0) is 30.7 Å². The normalized spacial score (nSPS) is 13.4. The molecule has 0 bridgehead atoms. The molecule has 2 aromatic rings. The zero-order valence-electron chi connectivity index (χ0n) is 12.5. The summed E-state index contributed by atoms with van der Waals surface area (Å²) in [5.41, 5.74) is 0.741. The van der Waals surface area contributed by atoms with E-state index < -0.39 is 23.0 Å². The van der Waals surface area contributed by atoms with E-state index in [9.17, 15) is 18.7 Å². The lowest BCUT2D eigenvalue weighted by atomic mass is 10.1. The molecule has 0 heterocycles. The lowest BCUT2D eigenvalue weighted by Crippen LogP contribution is -2.33. The van der Waals surface area contributed by atoms with E-state index in [0.29, 0.717) is 4.90 Å². The Kier molecular flexibility index (Phi) is 6.12. The number of thioether (sulfide) groups is 1. The van der Waals surface area contributed by atoms with E-state index in [-0.39, 0.29) is 12.5 Å². The average Bonchev–Trinajstić information content (AvgIpc) is 2.54. The maximum atomic E-state index is 13.4. The molecule has 1 amide bonds.